The predicted octanol–water partition coefficient (Wildman–Crippen LogP) is 1.63. The Morgan fingerprint density at radius 3 is 2.53 bits per heavy atom. The Bertz CT molecular complexity index is 501. The first-order valence-electron chi connectivity index (χ1n) is 6.76. The first kappa shape index (κ1) is 14.5. The second-order valence-electron chi connectivity index (χ2n) is 5.40. The topological polar surface area (TPSA) is 58.2 Å². The summed E-state index contributed by atoms with van der Waals surface area (Å²) in [7, 11) is -3.27. The fourth-order valence-electron chi connectivity index (χ4n) is 2.55. The van der Waals surface area contributed by atoms with Gasteiger partial charge in [0.2, 0.25) is 10.0 Å². The van der Waals surface area contributed by atoms with E-state index in [-0.39, 0.29) is 17.8 Å². The fraction of sp³-hybridized carbons (Fsp3) is 0.571. The van der Waals surface area contributed by atoms with Gasteiger partial charge in [-0.05, 0) is 32.3 Å². The van der Waals surface area contributed by atoms with Crippen LogP contribution in [-0.4, -0.2) is 26.5 Å². The van der Waals surface area contributed by atoms with Crippen molar-refractivity contribution in [2.24, 2.45) is 0 Å². The molecular formula is C14H22N2O2S. The second-order valence-corrected chi connectivity index (χ2v) is 7.16. The van der Waals surface area contributed by atoms with Gasteiger partial charge in [0.1, 0.15) is 0 Å². The number of nitrogens with one attached hydrogen (secondary N) is 2. The second kappa shape index (κ2) is 6.03. The van der Waals surface area contributed by atoms with E-state index in [2.05, 4.69) is 17.0 Å². The van der Waals surface area contributed by atoms with E-state index >= 15 is 0 Å². The lowest BCUT2D eigenvalue weighted by atomic mass is 9.96. The van der Waals surface area contributed by atoms with E-state index in [1.807, 2.05) is 37.3 Å². The molecule has 0 bridgehead atoms. The van der Waals surface area contributed by atoms with Crippen LogP contribution in [0.4, 0.5) is 0 Å². The van der Waals surface area contributed by atoms with Crippen LogP contribution in [0.3, 0.4) is 0 Å². The van der Waals surface area contributed by atoms with Crippen LogP contribution in [0.5, 0.6) is 0 Å². The Balaban J connectivity index is 1.98. The Morgan fingerprint density at radius 1 is 1.21 bits per heavy atom. The molecule has 0 aliphatic carbocycles. The van der Waals surface area contributed by atoms with E-state index in [9.17, 15) is 8.42 Å². The largest absolute Gasteiger partial charge is 0.310 e. The molecule has 3 unspecified atom stereocenters. The molecule has 0 radical (unpaired) electrons. The average molecular weight is 282 g/mol. The molecule has 4 nitrogen and oxygen atoms in total. The van der Waals surface area contributed by atoms with Gasteiger partial charge in [0, 0.05) is 18.1 Å². The number of benzene rings is 1. The van der Waals surface area contributed by atoms with Crippen LogP contribution in [0.15, 0.2) is 30.3 Å². The van der Waals surface area contributed by atoms with Crippen LogP contribution in [0.25, 0.3) is 0 Å². The summed E-state index contributed by atoms with van der Waals surface area (Å²) in [5, 5.41) is 3.39. The van der Waals surface area contributed by atoms with Crippen LogP contribution in [-0.2, 0) is 15.8 Å². The normalized spacial score (nSPS) is 28.2. The molecule has 0 aromatic heterocycles. The van der Waals surface area contributed by atoms with Crippen molar-refractivity contribution in [3.05, 3.63) is 35.9 Å². The van der Waals surface area contributed by atoms with Crippen LogP contribution in [0.1, 0.15) is 32.3 Å². The zero-order valence-electron chi connectivity index (χ0n) is 11.5. The maximum atomic E-state index is 12.2. The van der Waals surface area contributed by atoms with Gasteiger partial charge in [-0.3, -0.25) is 0 Å². The van der Waals surface area contributed by atoms with Gasteiger partial charge in [0.15, 0.2) is 0 Å². The van der Waals surface area contributed by atoms with Crippen LogP contribution < -0.4 is 10.0 Å². The molecule has 2 N–H and O–H groups in total. The number of hydrogen-bond donors (Lipinski definition) is 2. The number of hydrogen-bond acceptors (Lipinski definition) is 3. The van der Waals surface area contributed by atoms with Crippen LogP contribution in [0.2, 0.25) is 0 Å². The summed E-state index contributed by atoms with van der Waals surface area (Å²) in [6.45, 7) is 4.16. The van der Waals surface area contributed by atoms with Crippen molar-refractivity contribution in [1.82, 2.24) is 10.0 Å². The fourth-order valence-corrected chi connectivity index (χ4v) is 4.05. The highest BCUT2D eigenvalue weighted by Crippen LogP contribution is 2.15. The molecule has 0 spiro atoms. The molecule has 106 valence electrons. The standard InChI is InChI=1S/C14H22N2O2S/c1-11-8-9-14(12(2)15-11)16-19(17,18)10-13-6-4-3-5-7-13/h3-7,11-12,14-16H,8-10H2,1-2H3. The zero-order chi connectivity index (χ0) is 13.9. The van der Waals surface area contributed by atoms with Gasteiger partial charge in [-0.15, -0.1) is 0 Å². The summed E-state index contributed by atoms with van der Waals surface area (Å²) in [5.74, 6) is 0.0482. The lowest BCUT2D eigenvalue weighted by molar-refractivity contribution is 0.297. The van der Waals surface area contributed by atoms with Gasteiger partial charge in [-0.1, -0.05) is 30.3 Å². The molecular weight excluding hydrogens is 260 g/mol. The van der Waals surface area contributed by atoms with Crippen molar-refractivity contribution in [1.29, 1.82) is 0 Å². The van der Waals surface area contributed by atoms with Gasteiger partial charge >= 0.3 is 0 Å². The molecule has 1 aromatic rings. The Morgan fingerprint density at radius 2 is 1.89 bits per heavy atom. The minimum atomic E-state index is -3.27. The zero-order valence-corrected chi connectivity index (χ0v) is 12.3. The van der Waals surface area contributed by atoms with Gasteiger partial charge in [0.25, 0.3) is 0 Å². The summed E-state index contributed by atoms with van der Waals surface area (Å²) in [4.78, 5) is 0. The lowest BCUT2D eigenvalue weighted by Crippen LogP contribution is -2.54. The van der Waals surface area contributed by atoms with E-state index in [4.69, 9.17) is 0 Å². The van der Waals surface area contributed by atoms with Crippen molar-refractivity contribution in [2.45, 2.75) is 50.6 Å². The van der Waals surface area contributed by atoms with Gasteiger partial charge in [0.05, 0.1) is 5.75 Å². The number of sulfonamides is 1. The van der Waals surface area contributed by atoms with Gasteiger partial charge < -0.3 is 5.32 Å². The van der Waals surface area contributed by atoms with E-state index in [1.165, 1.54) is 0 Å². The van der Waals surface area contributed by atoms with Crippen LogP contribution in [0, 0.1) is 0 Å². The molecule has 3 atom stereocenters. The molecule has 1 saturated heterocycles. The third-order valence-electron chi connectivity index (χ3n) is 3.59. The number of rotatable bonds is 4. The average Bonchev–Trinajstić information content (AvgIpc) is 2.33. The lowest BCUT2D eigenvalue weighted by Gasteiger charge is -2.34. The highest BCUT2D eigenvalue weighted by molar-refractivity contribution is 7.88. The third kappa shape index (κ3) is 4.30. The summed E-state index contributed by atoms with van der Waals surface area (Å²) in [6.07, 6.45) is 1.90. The monoisotopic (exact) mass is 282 g/mol. The molecule has 1 fully saturated rings. The Hall–Kier alpha value is -0.910. The van der Waals surface area contributed by atoms with Crippen molar-refractivity contribution >= 4 is 10.0 Å². The smallest absolute Gasteiger partial charge is 0.216 e. The van der Waals surface area contributed by atoms with Gasteiger partial charge in [-0.25, -0.2) is 13.1 Å². The first-order chi connectivity index (χ1) is 8.96. The van der Waals surface area contributed by atoms with Crippen molar-refractivity contribution in [3.63, 3.8) is 0 Å². The third-order valence-corrected chi connectivity index (χ3v) is 4.97. The first-order valence-corrected chi connectivity index (χ1v) is 8.41. The van der Waals surface area contributed by atoms with Crippen LogP contribution >= 0.6 is 0 Å². The Kier molecular flexibility index (Phi) is 4.60. The summed E-state index contributed by atoms with van der Waals surface area (Å²) in [5.41, 5.74) is 0.819. The van der Waals surface area contributed by atoms with E-state index in [0.717, 1.165) is 18.4 Å². The Labute approximate surface area is 115 Å². The SMILES string of the molecule is CC1CCC(NS(=O)(=O)Cc2ccccc2)C(C)N1. The van der Waals surface area contributed by atoms with E-state index in [1.54, 1.807) is 0 Å². The molecule has 2 rings (SSSR count). The summed E-state index contributed by atoms with van der Waals surface area (Å²) in [6, 6.07) is 9.91. The maximum absolute atomic E-state index is 12.2. The molecule has 5 heteroatoms. The summed E-state index contributed by atoms with van der Waals surface area (Å²) < 4.78 is 27.1. The molecule has 0 saturated carbocycles. The number of piperidine rings is 1. The van der Waals surface area contributed by atoms with E-state index < -0.39 is 10.0 Å². The molecule has 1 aliphatic rings. The minimum absolute atomic E-state index is 0.00934. The molecule has 19 heavy (non-hydrogen) atoms. The molecule has 0 amide bonds. The highest BCUT2D eigenvalue weighted by Gasteiger charge is 2.28. The predicted molar refractivity (Wildman–Crippen MR) is 77.3 cm³/mol. The van der Waals surface area contributed by atoms with Crippen molar-refractivity contribution < 1.29 is 8.42 Å². The van der Waals surface area contributed by atoms with Gasteiger partial charge in [-0.2, -0.15) is 0 Å². The van der Waals surface area contributed by atoms with Crippen molar-refractivity contribution in [3.8, 4) is 0 Å². The molecule has 1 aliphatic heterocycles. The highest BCUT2D eigenvalue weighted by atomic mass is 32.2. The quantitative estimate of drug-likeness (QED) is 0.882. The maximum Gasteiger partial charge on any atom is 0.216 e. The van der Waals surface area contributed by atoms with E-state index in [0.29, 0.717) is 6.04 Å². The minimum Gasteiger partial charge on any atom is -0.310 e. The summed E-state index contributed by atoms with van der Waals surface area (Å²) >= 11 is 0. The van der Waals surface area contributed by atoms with Crippen molar-refractivity contribution in [2.75, 3.05) is 0 Å². The molecule has 1 aromatic carbocycles. The molecule has 1 heterocycles.